The molecule has 7 nitrogen and oxygen atoms in total. The first-order chi connectivity index (χ1) is 14.6. The fourth-order valence-corrected chi connectivity index (χ4v) is 3.64. The van der Waals surface area contributed by atoms with E-state index >= 15 is 0 Å². The van der Waals surface area contributed by atoms with Crippen LogP contribution in [-0.4, -0.2) is 42.2 Å². The first kappa shape index (κ1) is 19.9. The van der Waals surface area contributed by atoms with E-state index in [9.17, 15) is 9.59 Å². The van der Waals surface area contributed by atoms with E-state index in [1.807, 2.05) is 56.3 Å². The van der Waals surface area contributed by atoms with Gasteiger partial charge in [-0.25, -0.2) is 5.01 Å². The molecule has 4 rings (SSSR count). The van der Waals surface area contributed by atoms with Crippen molar-refractivity contribution >= 4 is 23.2 Å². The molecule has 0 spiro atoms. The van der Waals surface area contributed by atoms with Gasteiger partial charge in [0.15, 0.2) is 11.5 Å². The largest absolute Gasteiger partial charge is 0.486 e. The fraction of sp³-hybridized carbons (Fsp3) is 0.348. The van der Waals surface area contributed by atoms with Gasteiger partial charge in [-0.05, 0) is 37.6 Å². The van der Waals surface area contributed by atoms with Gasteiger partial charge in [-0.3, -0.25) is 9.59 Å². The van der Waals surface area contributed by atoms with Crippen molar-refractivity contribution < 1.29 is 19.1 Å². The van der Waals surface area contributed by atoms with Crippen molar-refractivity contribution in [3.05, 3.63) is 53.6 Å². The van der Waals surface area contributed by atoms with Crippen LogP contribution in [0.25, 0.3) is 0 Å². The van der Waals surface area contributed by atoms with Crippen molar-refractivity contribution in [1.82, 2.24) is 4.90 Å². The molecule has 2 amide bonds. The smallest absolute Gasteiger partial charge is 0.270 e. The number of para-hydroxylation sites is 1. The average Bonchev–Trinajstić information content (AvgIpc) is 2.77. The van der Waals surface area contributed by atoms with E-state index in [0.717, 1.165) is 11.1 Å². The summed E-state index contributed by atoms with van der Waals surface area (Å²) in [6, 6.07) is 13.3. The maximum absolute atomic E-state index is 13.2. The van der Waals surface area contributed by atoms with Crippen LogP contribution < -0.4 is 14.5 Å². The van der Waals surface area contributed by atoms with Gasteiger partial charge in [-0.2, -0.15) is 5.10 Å². The number of nitrogens with zero attached hydrogens (tertiary/aromatic N) is 3. The summed E-state index contributed by atoms with van der Waals surface area (Å²) in [5, 5.41) is 5.77. The Bertz CT molecular complexity index is 1000. The highest BCUT2D eigenvalue weighted by molar-refractivity contribution is 6.40. The van der Waals surface area contributed by atoms with E-state index in [2.05, 4.69) is 5.10 Å². The Morgan fingerprint density at radius 3 is 2.73 bits per heavy atom. The summed E-state index contributed by atoms with van der Waals surface area (Å²) in [5.74, 6) is 1.12. The third-order valence-corrected chi connectivity index (χ3v) is 5.20. The minimum absolute atomic E-state index is 0.108. The number of carbonyl (C=O) groups is 2. The Hall–Kier alpha value is -3.35. The van der Waals surface area contributed by atoms with Gasteiger partial charge in [0.05, 0.1) is 5.69 Å². The molecule has 0 aromatic heterocycles. The molecule has 0 saturated heterocycles. The molecular weight excluding hydrogens is 382 g/mol. The lowest BCUT2D eigenvalue weighted by Gasteiger charge is -2.28. The molecule has 156 valence electrons. The van der Waals surface area contributed by atoms with Crippen molar-refractivity contribution in [1.29, 1.82) is 0 Å². The third kappa shape index (κ3) is 4.01. The molecule has 2 aliphatic rings. The normalized spacial score (nSPS) is 15.6. The van der Waals surface area contributed by atoms with Crippen molar-refractivity contribution in [3.8, 4) is 11.5 Å². The zero-order valence-corrected chi connectivity index (χ0v) is 17.3. The highest BCUT2D eigenvalue weighted by atomic mass is 16.6. The SMILES string of the molecule is CCN(Cc1cccc2c1OCCO2)C(=O)C1=NN(c2cccc(C)c2)C(=O)CC1. The van der Waals surface area contributed by atoms with Crippen LogP contribution in [0.1, 0.15) is 30.9 Å². The number of anilines is 1. The third-order valence-electron chi connectivity index (χ3n) is 5.20. The molecule has 0 aliphatic carbocycles. The van der Waals surface area contributed by atoms with Gasteiger partial charge in [0.1, 0.15) is 18.9 Å². The molecule has 0 atom stereocenters. The van der Waals surface area contributed by atoms with Crippen molar-refractivity contribution in [3.63, 3.8) is 0 Å². The first-order valence-electron chi connectivity index (χ1n) is 10.2. The summed E-state index contributed by atoms with van der Waals surface area (Å²) in [6.45, 7) is 5.80. The number of hydrazone groups is 1. The molecule has 0 N–H and O–H groups in total. The molecule has 2 aromatic carbocycles. The molecule has 0 bridgehead atoms. The van der Waals surface area contributed by atoms with Gasteiger partial charge in [0.25, 0.3) is 5.91 Å². The van der Waals surface area contributed by atoms with Crippen molar-refractivity contribution in [2.24, 2.45) is 5.10 Å². The van der Waals surface area contributed by atoms with Crippen LogP contribution in [0, 0.1) is 6.92 Å². The quantitative estimate of drug-likeness (QED) is 0.763. The second-order valence-electron chi connectivity index (χ2n) is 7.35. The zero-order chi connectivity index (χ0) is 21.1. The van der Waals surface area contributed by atoms with E-state index in [-0.39, 0.29) is 18.2 Å². The lowest BCUT2D eigenvalue weighted by molar-refractivity contribution is -0.124. The van der Waals surface area contributed by atoms with E-state index in [1.54, 1.807) is 4.90 Å². The average molecular weight is 407 g/mol. The predicted molar refractivity (Wildman–Crippen MR) is 114 cm³/mol. The van der Waals surface area contributed by atoms with Crippen LogP contribution in [0.3, 0.4) is 0 Å². The first-order valence-corrected chi connectivity index (χ1v) is 10.2. The molecule has 0 radical (unpaired) electrons. The van der Waals surface area contributed by atoms with Crippen LogP contribution in [-0.2, 0) is 16.1 Å². The number of fused-ring (bicyclic) bond motifs is 1. The van der Waals surface area contributed by atoms with Gasteiger partial charge in [-0.1, -0.05) is 24.3 Å². The van der Waals surface area contributed by atoms with Gasteiger partial charge in [0, 0.05) is 31.5 Å². The molecule has 30 heavy (non-hydrogen) atoms. The summed E-state index contributed by atoms with van der Waals surface area (Å²) in [4.78, 5) is 27.4. The number of hydrogen-bond donors (Lipinski definition) is 0. The lowest BCUT2D eigenvalue weighted by atomic mass is 10.1. The van der Waals surface area contributed by atoms with Crippen LogP contribution >= 0.6 is 0 Å². The number of benzene rings is 2. The summed E-state index contributed by atoms with van der Waals surface area (Å²) in [5.41, 5.74) is 2.99. The molecule has 2 heterocycles. The number of carbonyl (C=O) groups excluding carboxylic acids is 2. The maximum Gasteiger partial charge on any atom is 0.270 e. The Labute approximate surface area is 175 Å². The Morgan fingerprint density at radius 1 is 1.13 bits per heavy atom. The number of hydrogen-bond acceptors (Lipinski definition) is 5. The highest BCUT2D eigenvalue weighted by Gasteiger charge is 2.29. The fourth-order valence-electron chi connectivity index (χ4n) is 3.64. The minimum Gasteiger partial charge on any atom is -0.486 e. The maximum atomic E-state index is 13.2. The van der Waals surface area contributed by atoms with Gasteiger partial charge < -0.3 is 14.4 Å². The molecule has 7 heteroatoms. The van der Waals surface area contributed by atoms with Crippen LogP contribution in [0.5, 0.6) is 11.5 Å². The van der Waals surface area contributed by atoms with Crippen LogP contribution in [0.4, 0.5) is 5.69 Å². The lowest BCUT2D eigenvalue weighted by Crippen LogP contribution is -2.41. The highest BCUT2D eigenvalue weighted by Crippen LogP contribution is 2.34. The molecule has 2 aliphatic heterocycles. The van der Waals surface area contributed by atoms with E-state index in [0.29, 0.717) is 55.6 Å². The molecule has 0 saturated carbocycles. The number of amides is 2. The molecule has 0 fully saturated rings. The Morgan fingerprint density at radius 2 is 1.93 bits per heavy atom. The van der Waals surface area contributed by atoms with Crippen LogP contribution in [0.2, 0.25) is 0 Å². The zero-order valence-electron chi connectivity index (χ0n) is 17.3. The van der Waals surface area contributed by atoms with Crippen LogP contribution in [0.15, 0.2) is 47.6 Å². The van der Waals surface area contributed by atoms with E-state index < -0.39 is 0 Å². The number of aryl methyl sites for hydroxylation is 1. The van der Waals surface area contributed by atoms with Gasteiger partial charge in [0.2, 0.25) is 5.91 Å². The van der Waals surface area contributed by atoms with E-state index in [1.165, 1.54) is 5.01 Å². The summed E-state index contributed by atoms with van der Waals surface area (Å²) < 4.78 is 11.4. The summed E-state index contributed by atoms with van der Waals surface area (Å²) >= 11 is 0. The molecule has 0 unspecified atom stereocenters. The number of ether oxygens (including phenoxy) is 2. The second kappa shape index (κ2) is 8.57. The summed E-state index contributed by atoms with van der Waals surface area (Å²) in [7, 11) is 0. The van der Waals surface area contributed by atoms with Gasteiger partial charge >= 0.3 is 0 Å². The minimum atomic E-state index is -0.169. The topological polar surface area (TPSA) is 71.4 Å². The standard InChI is InChI=1S/C23H25N3O4/c1-3-25(15-17-7-5-9-20-22(17)30-13-12-29-20)23(28)19-10-11-21(27)26(24-19)18-8-4-6-16(2)14-18/h4-9,14H,3,10-13,15H2,1-2H3. The monoisotopic (exact) mass is 407 g/mol. The Balaban J connectivity index is 1.58. The molecule has 2 aromatic rings. The van der Waals surface area contributed by atoms with Crippen molar-refractivity contribution in [2.45, 2.75) is 33.2 Å². The van der Waals surface area contributed by atoms with Crippen molar-refractivity contribution in [2.75, 3.05) is 24.8 Å². The number of rotatable bonds is 5. The summed E-state index contributed by atoms with van der Waals surface area (Å²) in [6.07, 6.45) is 0.594. The van der Waals surface area contributed by atoms with E-state index in [4.69, 9.17) is 9.47 Å². The van der Waals surface area contributed by atoms with Gasteiger partial charge in [-0.15, -0.1) is 0 Å². The molecular formula is C23H25N3O4. The second-order valence-corrected chi connectivity index (χ2v) is 7.35. The predicted octanol–water partition coefficient (Wildman–Crippen LogP) is 3.30. The Kier molecular flexibility index (Phi) is 5.70.